The van der Waals surface area contributed by atoms with Gasteiger partial charge in [0.1, 0.15) is 11.2 Å². The van der Waals surface area contributed by atoms with E-state index >= 15 is 0 Å². The Balaban J connectivity index is 1.35. The maximum absolute atomic E-state index is 7.17. The topological polar surface area (TPSA) is 39.2 Å². The zero-order valence-electron chi connectivity index (χ0n) is 28.3. The first-order chi connectivity index (χ1) is 25.2. The van der Waals surface area contributed by atoms with Crippen molar-refractivity contribution in [2.45, 2.75) is 18.9 Å². The average molecular weight is 656 g/mol. The number of fused-ring (bicyclic) bond motifs is 3. The third-order valence-corrected chi connectivity index (χ3v) is 10.2. The lowest BCUT2D eigenvalue weighted by molar-refractivity contribution is 0.670. The van der Waals surface area contributed by atoms with E-state index in [9.17, 15) is 0 Å². The molecule has 0 bridgehead atoms. The molecule has 0 spiro atoms. The first-order valence-electron chi connectivity index (χ1n) is 17.7. The summed E-state index contributed by atoms with van der Waals surface area (Å²) in [4.78, 5) is 0. The van der Waals surface area contributed by atoms with Gasteiger partial charge in [0.2, 0.25) is 0 Å². The van der Waals surface area contributed by atoms with E-state index in [2.05, 4.69) is 176 Å². The number of hydrogen-bond acceptors (Lipinski definition) is 2. The summed E-state index contributed by atoms with van der Waals surface area (Å²) in [5.41, 5.74) is 22.5. The van der Waals surface area contributed by atoms with Crippen molar-refractivity contribution in [3.05, 3.63) is 199 Å². The fraction of sp³-hybridized carbons (Fsp3) is 0.0612. The van der Waals surface area contributed by atoms with Gasteiger partial charge in [0, 0.05) is 21.9 Å². The Bertz CT molecular complexity index is 2560. The molecule has 0 saturated heterocycles. The molecule has 244 valence electrons. The van der Waals surface area contributed by atoms with Gasteiger partial charge in [-0.05, 0) is 86.7 Å². The van der Waals surface area contributed by atoms with Crippen LogP contribution in [0, 0.1) is 0 Å². The molecule has 0 radical (unpaired) electrons. The van der Waals surface area contributed by atoms with Crippen LogP contribution in [-0.4, -0.2) is 0 Å². The molecule has 1 aromatic heterocycles. The van der Waals surface area contributed by atoms with Gasteiger partial charge >= 0.3 is 0 Å². The molecule has 0 saturated carbocycles. The van der Waals surface area contributed by atoms with E-state index in [4.69, 9.17) is 10.2 Å². The SMILES string of the molecule is NC(c1ccccc1)c1ccc(-c2ccc(-c3ccccc3)c(C3=CCCC=C3)c2)c2oc3c(-c4ccccc4)cc(-c4ccccc4)cc3c12. The van der Waals surface area contributed by atoms with E-state index in [-0.39, 0.29) is 6.04 Å². The van der Waals surface area contributed by atoms with E-state index in [1.807, 2.05) is 6.07 Å². The summed E-state index contributed by atoms with van der Waals surface area (Å²) in [6.45, 7) is 0. The van der Waals surface area contributed by atoms with Crippen molar-refractivity contribution in [1.82, 2.24) is 0 Å². The van der Waals surface area contributed by atoms with Gasteiger partial charge in [-0.25, -0.2) is 0 Å². The largest absolute Gasteiger partial charge is 0.455 e. The molecule has 8 aromatic rings. The number of benzene rings is 7. The molecule has 9 rings (SSSR count). The van der Waals surface area contributed by atoms with Crippen LogP contribution in [0.15, 0.2) is 186 Å². The van der Waals surface area contributed by atoms with Gasteiger partial charge < -0.3 is 10.2 Å². The Morgan fingerprint density at radius 2 is 1.08 bits per heavy atom. The number of rotatable bonds is 7. The van der Waals surface area contributed by atoms with Crippen LogP contribution in [0.25, 0.3) is 72.0 Å². The molecule has 0 fully saturated rings. The first-order valence-corrected chi connectivity index (χ1v) is 17.7. The number of allylic oxidation sites excluding steroid dienone is 4. The fourth-order valence-electron chi connectivity index (χ4n) is 7.60. The standard InChI is InChI=1S/C49H37NO/c50-47(37-24-14-5-15-25-37)42-29-28-41(38-26-27-40(34-18-8-2-9-19-34)43(30-38)35-20-10-3-11-21-35)49-46(42)45-32-39(33-16-6-1-7-17-33)31-44(48(45)51-49)36-22-12-4-13-23-36/h1-2,4-10,12-32,47H,3,11,50H2. The number of furan rings is 1. The first kappa shape index (κ1) is 30.8. The van der Waals surface area contributed by atoms with Crippen molar-refractivity contribution in [3.63, 3.8) is 0 Å². The molecule has 1 heterocycles. The predicted molar refractivity (Wildman–Crippen MR) is 214 cm³/mol. The fourth-order valence-corrected chi connectivity index (χ4v) is 7.60. The molecule has 2 heteroatoms. The zero-order valence-corrected chi connectivity index (χ0v) is 28.3. The van der Waals surface area contributed by atoms with Crippen LogP contribution in [0.2, 0.25) is 0 Å². The van der Waals surface area contributed by atoms with Gasteiger partial charge in [-0.3, -0.25) is 0 Å². The van der Waals surface area contributed by atoms with E-state index in [0.717, 1.165) is 79.3 Å². The molecule has 1 unspecified atom stereocenters. The Labute approximate surface area is 298 Å². The van der Waals surface area contributed by atoms with Gasteiger partial charge in [0.15, 0.2) is 0 Å². The second kappa shape index (κ2) is 13.2. The number of nitrogens with two attached hydrogens (primary N) is 1. The summed E-state index contributed by atoms with van der Waals surface area (Å²) < 4.78 is 7.16. The highest BCUT2D eigenvalue weighted by Crippen LogP contribution is 2.46. The molecule has 2 nitrogen and oxygen atoms in total. The van der Waals surface area contributed by atoms with Gasteiger partial charge in [0.25, 0.3) is 0 Å². The summed E-state index contributed by atoms with van der Waals surface area (Å²) in [5, 5.41) is 2.12. The quantitative estimate of drug-likeness (QED) is 0.186. The summed E-state index contributed by atoms with van der Waals surface area (Å²) >= 11 is 0. The van der Waals surface area contributed by atoms with Crippen molar-refractivity contribution in [2.75, 3.05) is 0 Å². The second-order valence-corrected chi connectivity index (χ2v) is 13.3. The third kappa shape index (κ3) is 5.70. The van der Waals surface area contributed by atoms with Crippen LogP contribution in [-0.2, 0) is 0 Å². The highest BCUT2D eigenvalue weighted by molar-refractivity contribution is 6.16. The Morgan fingerprint density at radius 3 is 1.75 bits per heavy atom. The minimum absolute atomic E-state index is 0.336. The molecular weight excluding hydrogens is 619 g/mol. The van der Waals surface area contributed by atoms with Crippen LogP contribution in [0.4, 0.5) is 0 Å². The average Bonchev–Trinajstić information content (AvgIpc) is 3.61. The highest BCUT2D eigenvalue weighted by Gasteiger charge is 2.24. The summed E-state index contributed by atoms with van der Waals surface area (Å²) in [5.74, 6) is 0. The molecule has 1 aliphatic rings. The maximum Gasteiger partial charge on any atom is 0.143 e. The maximum atomic E-state index is 7.17. The second-order valence-electron chi connectivity index (χ2n) is 13.3. The smallest absolute Gasteiger partial charge is 0.143 e. The summed E-state index contributed by atoms with van der Waals surface area (Å²) in [6.07, 6.45) is 9.02. The van der Waals surface area contributed by atoms with Gasteiger partial charge in [-0.15, -0.1) is 0 Å². The number of hydrogen-bond donors (Lipinski definition) is 1. The molecule has 1 aliphatic carbocycles. The molecule has 51 heavy (non-hydrogen) atoms. The minimum Gasteiger partial charge on any atom is -0.455 e. The van der Waals surface area contributed by atoms with E-state index in [0.29, 0.717) is 0 Å². The molecule has 7 aromatic carbocycles. The molecule has 2 N–H and O–H groups in total. The summed E-state index contributed by atoms with van der Waals surface area (Å²) in [7, 11) is 0. The van der Waals surface area contributed by atoms with Crippen molar-refractivity contribution >= 4 is 27.5 Å². The van der Waals surface area contributed by atoms with Gasteiger partial charge in [-0.1, -0.05) is 164 Å². The van der Waals surface area contributed by atoms with Gasteiger partial charge in [-0.2, -0.15) is 0 Å². The molecular formula is C49H37NO. The predicted octanol–water partition coefficient (Wildman–Crippen LogP) is 13.0. The Morgan fingerprint density at radius 1 is 0.471 bits per heavy atom. The van der Waals surface area contributed by atoms with E-state index in [1.165, 1.54) is 22.3 Å². The molecule has 1 atom stereocenters. The molecule has 0 amide bonds. The van der Waals surface area contributed by atoms with E-state index in [1.54, 1.807) is 0 Å². The Hall–Kier alpha value is -6.22. The van der Waals surface area contributed by atoms with Crippen LogP contribution < -0.4 is 5.73 Å². The molecule has 0 aliphatic heterocycles. The lowest BCUT2D eigenvalue weighted by Crippen LogP contribution is -2.12. The van der Waals surface area contributed by atoms with Crippen molar-refractivity contribution in [1.29, 1.82) is 0 Å². The monoisotopic (exact) mass is 655 g/mol. The van der Waals surface area contributed by atoms with Crippen molar-refractivity contribution in [3.8, 4) is 44.5 Å². The van der Waals surface area contributed by atoms with Gasteiger partial charge in [0.05, 0.1) is 6.04 Å². The lowest BCUT2D eigenvalue weighted by atomic mass is 9.87. The van der Waals surface area contributed by atoms with Crippen LogP contribution >= 0.6 is 0 Å². The highest BCUT2D eigenvalue weighted by atomic mass is 16.3. The normalized spacial score (nSPS) is 13.4. The summed E-state index contributed by atoms with van der Waals surface area (Å²) in [6, 6.07) is 57.7. The Kier molecular flexibility index (Phi) is 8.00. The van der Waals surface area contributed by atoms with Crippen molar-refractivity contribution in [2.24, 2.45) is 5.73 Å². The third-order valence-electron chi connectivity index (χ3n) is 10.2. The zero-order chi connectivity index (χ0) is 34.1. The van der Waals surface area contributed by atoms with Crippen LogP contribution in [0.3, 0.4) is 0 Å². The minimum atomic E-state index is -0.336. The van der Waals surface area contributed by atoms with Crippen LogP contribution in [0.5, 0.6) is 0 Å². The van der Waals surface area contributed by atoms with Crippen molar-refractivity contribution < 1.29 is 4.42 Å². The lowest BCUT2D eigenvalue weighted by Gasteiger charge is -2.17. The van der Waals surface area contributed by atoms with Crippen LogP contribution in [0.1, 0.15) is 35.6 Å². The van der Waals surface area contributed by atoms with E-state index < -0.39 is 0 Å².